The standard InChI is InChI=1S/C18H29N3O3S/c1-13(2)20(4)25(23,24)16-10-8-15(9-11-16)18(22)21-12-6-5-7-17(21)14(3)19/h8-11,13-14,17H,5-7,12,19H2,1-4H3. The normalized spacial score (nSPS) is 20.1. The largest absolute Gasteiger partial charge is 0.334 e. The maximum absolute atomic E-state index is 12.8. The Kier molecular flexibility index (Phi) is 6.24. The number of rotatable bonds is 5. The van der Waals surface area contributed by atoms with Gasteiger partial charge in [0.2, 0.25) is 10.0 Å². The summed E-state index contributed by atoms with van der Waals surface area (Å²) in [4.78, 5) is 14.9. The Hall–Kier alpha value is -1.44. The first-order valence-corrected chi connectivity index (χ1v) is 10.2. The Morgan fingerprint density at radius 2 is 1.80 bits per heavy atom. The number of hydrogen-bond donors (Lipinski definition) is 1. The van der Waals surface area contributed by atoms with Gasteiger partial charge in [0.15, 0.2) is 0 Å². The number of piperidine rings is 1. The Bertz CT molecular complexity index is 699. The van der Waals surface area contributed by atoms with Crippen LogP contribution in [0.2, 0.25) is 0 Å². The van der Waals surface area contributed by atoms with E-state index in [-0.39, 0.29) is 28.9 Å². The maximum Gasteiger partial charge on any atom is 0.254 e. The van der Waals surface area contributed by atoms with E-state index in [4.69, 9.17) is 5.73 Å². The Morgan fingerprint density at radius 1 is 1.20 bits per heavy atom. The van der Waals surface area contributed by atoms with Gasteiger partial charge in [-0.3, -0.25) is 4.79 Å². The van der Waals surface area contributed by atoms with Gasteiger partial charge in [-0.1, -0.05) is 0 Å². The molecule has 6 nitrogen and oxygen atoms in total. The lowest BCUT2D eigenvalue weighted by Crippen LogP contribution is -2.51. The summed E-state index contributed by atoms with van der Waals surface area (Å²) in [5, 5.41) is 0. The molecule has 0 aliphatic carbocycles. The summed E-state index contributed by atoms with van der Waals surface area (Å²) in [6.07, 6.45) is 2.96. The van der Waals surface area contributed by atoms with Crippen LogP contribution in [0.1, 0.15) is 50.4 Å². The van der Waals surface area contributed by atoms with Crippen LogP contribution >= 0.6 is 0 Å². The number of benzene rings is 1. The molecule has 1 aliphatic rings. The summed E-state index contributed by atoms with van der Waals surface area (Å²) in [6, 6.07) is 6.03. The molecule has 7 heteroatoms. The molecule has 2 rings (SSSR count). The fourth-order valence-corrected chi connectivity index (χ4v) is 4.50. The van der Waals surface area contributed by atoms with Gasteiger partial charge in [-0.05, 0) is 64.3 Å². The Labute approximate surface area is 151 Å². The number of nitrogens with zero attached hydrogens (tertiary/aromatic N) is 2. The van der Waals surface area contributed by atoms with Gasteiger partial charge in [-0.25, -0.2) is 8.42 Å². The molecule has 1 aliphatic heterocycles. The van der Waals surface area contributed by atoms with Crippen LogP contribution in [0.4, 0.5) is 0 Å². The molecule has 2 unspecified atom stereocenters. The minimum absolute atomic E-state index is 0.0386. The number of hydrogen-bond acceptors (Lipinski definition) is 4. The third-order valence-electron chi connectivity index (χ3n) is 4.92. The van der Waals surface area contributed by atoms with Crippen molar-refractivity contribution in [1.29, 1.82) is 0 Å². The van der Waals surface area contributed by atoms with E-state index in [0.29, 0.717) is 12.1 Å². The van der Waals surface area contributed by atoms with Crippen molar-refractivity contribution in [1.82, 2.24) is 9.21 Å². The first kappa shape index (κ1) is 19.9. The predicted molar refractivity (Wildman–Crippen MR) is 98.9 cm³/mol. The van der Waals surface area contributed by atoms with Gasteiger partial charge in [0.25, 0.3) is 5.91 Å². The first-order valence-electron chi connectivity index (χ1n) is 8.81. The molecular formula is C18H29N3O3S. The van der Waals surface area contributed by atoms with E-state index in [1.54, 1.807) is 19.2 Å². The maximum atomic E-state index is 12.8. The molecule has 1 fully saturated rings. The highest BCUT2D eigenvalue weighted by Crippen LogP contribution is 2.23. The molecule has 25 heavy (non-hydrogen) atoms. The van der Waals surface area contributed by atoms with Crippen molar-refractivity contribution in [2.75, 3.05) is 13.6 Å². The van der Waals surface area contributed by atoms with E-state index in [9.17, 15) is 13.2 Å². The van der Waals surface area contributed by atoms with E-state index in [0.717, 1.165) is 19.3 Å². The average molecular weight is 368 g/mol. The minimum Gasteiger partial charge on any atom is -0.334 e. The number of carbonyl (C=O) groups is 1. The molecule has 2 N–H and O–H groups in total. The Morgan fingerprint density at radius 3 is 2.32 bits per heavy atom. The zero-order valence-corrected chi connectivity index (χ0v) is 16.3. The van der Waals surface area contributed by atoms with Gasteiger partial charge < -0.3 is 10.6 Å². The molecule has 1 aromatic rings. The van der Waals surface area contributed by atoms with E-state index >= 15 is 0 Å². The van der Waals surface area contributed by atoms with Gasteiger partial charge >= 0.3 is 0 Å². The van der Waals surface area contributed by atoms with Crippen LogP contribution in [0.5, 0.6) is 0 Å². The summed E-state index contributed by atoms with van der Waals surface area (Å²) in [5.41, 5.74) is 6.54. The lowest BCUT2D eigenvalue weighted by atomic mass is 9.96. The van der Waals surface area contributed by atoms with Crippen LogP contribution in [0.3, 0.4) is 0 Å². The first-order chi connectivity index (χ1) is 11.7. The minimum atomic E-state index is -3.54. The molecule has 0 bridgehead atoms. The molecule has 1 heterocycles. The quantitative estimate of drug-likeness (QED) is 0.863. The summed E-state index contributed by atoms with van der Waals surface area (Å²) in [5.74, 6) is -0.0804. The van der Waals surface area contributed by atoms with Crippen LogP contribution in [0.15, 0.2) is 29.2 Å². The summed E-state index contributed by atoms with van der Waals surface area (Å²) < 4.78 is 26.3. The third kappa shape index (κ3) is 4.22. The third-order valence-corrected chi connectivity index (χ3v) is 6.97. The van der Waals surface area contributed by atoms with E-state index < -0.39 is 10.0 Å². The molecule has 0 saturated carbocycles. The van der Waals surface area contributed by atoms with Crippen molar-refractivity contribution < 1.29 is 13.2 Å². The van der Waals surface area contributed by atoms with Gasteiger partial charge in [0.1, 0.15) is 0 Å². The molecule has 1 saturated heterocycles. The number of likely N-dealkylation sites (tertiary alicyclic amines) is 1. The van der Waals surface area contributed by atoms with Crippen LogP contribution in [-0.4, -0.2) is 55.2 Å². The molecule has 1 aromatic carbocycles. The lowest BCUT2D eigenvalue weighted by molar-refractivity contribution is 0.0583. The SMILES string of the molecule is CC(N)C1CCCCN1C(=O)c1ccc(S(=O)(=O)N(C)C(C)C)cc1. The van der Waals surface area contributed by atoms with Crippen molar-refractivity contribution in [3.05, 3.63) is 29.8 Å². The molecule has 0 radical (unpaired) electrons. The topological polar surface area (TPSA) is 83.7 Å². The fraction of sp³-hybridized carbons (Fsp3) is 0.611. The highest BCUT2D eigenvalue weighted by molar-refractivity contribution is 7.89. The second kappa shape index (κ2) is 7.85. The van der Waals surface area contributed by atoms with Crippen LogP contribution in [-0.2, 0) is 10.0 Å². The van der Waals surface area contributed by atoms with Gasteiger partial charge in [0, 0.05) is 37.3 Å². The molecule has 2 atom stereocenters. The highest BCUT2D eigenvalue weighted by atomic mass is 32.2. The number of sulfonamides is 1. The van der Waals surface area contributed by atoms with Crippen molar-refractivity contribution in [2.24, 2.45) is 5.73 Å². The zero-order chi connectivity index (χ0) is 18.8. The number of nitrogens with two attached hydrogens (primary N) is 1. The van der Waals surface area contributed by atoms with Gasteiger partial charge in [-0.2, -0.15) is 4.31 Å². The molecule has 140 valence electrons. The second-order valence-electron chi connectivity index (χ2n) is 7.06. The monoisotopic (exact) mass is 367 g/mol. The predicted octanol–water partition coefficient (Wildman–Crippen LogP) is 2.06. The summed E-state index contributed by atoms with van der Waals surface area (Å²) in [6.45, 7) is 6.26. The second-order valence-corrected chi connectivity index (χ2v) is 9.06. The molecule has 1 amide bonds. The Balaban J connectivity index is 2.23. The van der Waals surface area contributed by atoms with Crippen molar-refractivity contribution in [3.63, 3.8) is 0 Å². The molecule has 0 spiro atoms. The van der Waals surface area contributed by atoms with Crippen LogP contribution < -0.4 is 5.73 Å². The van der Waals surface area contributed by atoms with Crippen LogP contribution in [0.25, 0.3) is 0 Å². The summed E-state index contributed by atoms with van der Waals surface area (Å²) >= 11 is 0. The smallest absolute Gasteiger partial charge is 0.254 e. The average Bonchev–Trinajstić information content (AvgIpc) is 2.60. The highest BCUT2D eigenvalue weighted by Gasteiger charge is 2.30. The van der Waals surface area contributed by atoms with Gasteiger partial charge in [-0.15, -0.1) is 0 Å². The fourth-order valence-electron chi connectivity index (χ4n) is 3.14. The zero-order valence-electron chi connectivity index (χ0n) is 15.5. The van der Waals surface area contributed by atoms with Gasteiger partial charge in [0.05, 0.1) is 4.90 Å². The number of carbonyl (C=O) groups excluding carboxylic acids is 1. The van der Waals surface area contributed by atoms with E-state index in [1.807, 2.05) is 25.7 Å². The van der Waals surface area contributed by atoms with Crippen molar-refractivity contribution in [3.8, 4) is 0 Å². The molecule has 0 aromatic heterocycles. The van der Waals surface area contributed by atoms with Crippen molar-refractivity contribution in [2.45, 2.75) is 63.1 Å². The van der Waals surface area contributed by atoms with Crippen LogP contribution in [0, 0.1) is 0 Å². The number of amides is 1. The summed E-state index contributed by atoms with van der Waals surface area (Å²) in [7, 11) is -1.99. The molecular weight excluding hydrogens is 338 g/mol. The van der Waals surface area contributed by atoms with Crippen molar-refractivity contribution >= 4 is 15.9 Å². The van der Waals surface area contributed by atoms with E-state index in [2.05, 4.69) is 0 Å². The van der Waals surface area contributed by atoms with E-state index in [1.165, 1.54) is 16.4 Å². The lowest BCUT2D eigenvalue weighted by Gasteiger charge is -2.38.